The fraction of sp³-hybridized carbons (Fsp3) is 0.800. The molecule has 1 aliphatic heterocycles. The van der Waals surface area contributed by atoms with E-state index in [0.717, 1.165) is 19.4 Å². The van der Waals surface area contributed by atoms with Crippen LogP contribution in [0.1, 0.15) is 40.5 Å². The molecular formula is C10H20N2. The Hall–Kier alpha value is -0.660. The van der Waals surface area contributed by atoms with Crippen molar-refractivity contribution in [3.63, 3.8) is 0 Å². The van der Waals surface area contributed by atoms with Gasteiger partial charge in [0.15, 0.2) is 0 Å². The van der Waals surface area contributed by atoms with Gasteiger partial charge >= 0.3 is 0 Å². The molecule has 70 valence electrons. The molecular weight excluding hydrogens is 148 g/mol. The third-order valence-corrected chi connectivity index (χ3v) is 2.30. The first kappa shape index (κ1) is 9.43. The minimum absolute atomic E-state index is 0.212. The lowest BCUT2D eigenvalue weighted by atomic mass is 10.00. The molecule has 0 saturated carbocycles. The summed E-state index contributed by atoms with van der Waals surface area (Å²) in [5.41, 5.74) is 2.98. The van der Waals surface area contributed by atoms with Gasteiger partial charge in [-0.25, -0.2) is 0 Å². The Balaban J connectivity index is 2.77. The van der Waals surface area contributed by atoms with E-state index in [-0.39, 0.29) is 5.54 Å². The summed E-state index contributed by atoms with van der Waals surface area (Å²) in [4.78, 5) is 0. The summed E-state index contributed by atoms with van der Waals surface area (Å²) in [6.45, 7) is 9.86. The van der Waals surface area contributed by atoms with Gasteiger partial charge in [-0.1, -0.05) is 13.8 Å². The topological polar surface area (TPSA) is 24.1 Å². The van der Waals surface area contributed by atoms with Gasteiger partial charge in [-0.05, 0) is 26.7 Å². The largest absolute Gasteiger partial charge is 0.385 e. The Morgan fingerprint density at radius 3 is 2.25 bits per heavy atom. The van der Waals surface area contributed by atoms with Gasteiger partial charge in [0, 0.05) is 23.5 Å². The molecule has 0 amide bonds. The van der Waals surface area contributed by atoms with Crippen molar-refractivity contribution in [3.8, 4) is 0 Å². The number of rotatable bonds is 2. The first-order valence-electron chi connectivity index (χ1n) is 4.83. The number of nitrogens with one attached hydrogen (secondary N) is 2. The molecule has 0 fully saturated rings. The van der Waals surface area contributed by atoms with Crippen LogP contribution in [0, 0.1) is 0 Å². The zero-order valence-electron chi connectivity index (χ0n) is 8.62. The molecule has 0 saturated heterocycles. The highest BCUT2D eigenvalue weighted by Crippen LogP contribution is 2.17. The molecule has 0 aromatic carbocycles. The summed E-state index contributed by atoms with van der Waals surface area (Å²) in [5.74, 6) is 0. The number of hydrogen-bond donors (Lipinski definition) is 2. The van der Waals surface area contributed by atoms with Crippen LogP contribution in [-0.4, -0.2) is 12.1 Å². The lowest BCUT2D eigenvalue weighted by Gasteiger charge is -2.36. The fourth-order valence-corrected chi connectivity index (χ4v) is 1.60. The van der Waals surface area contributed by atoms with E-state index in [0.29, 0.717) is 0 Å². The van der Waals surface area contributed by atoms with Crippen LogP contribution in [0.4, 0.5) is 0 Å². The van der Waals surface area contributed by atoms with E-state index in [1.54, 1.807) is 0 Å². The normalized spacial score (nSPS) is 21.7. The molecule has 0 aromatic rings. The molecule has 0 bridgehead atoms. The van der Waals surface area contributed by atoms with E-state index in [1.165, 1.54) is 11.4 Å². The van der Waals surface area contributed by atoms with Gasteiger partial charge in [-0.15, -0.1) is 0 Å². The molecule has 2 nitrogen and oxygen atoms in total. The molecule has 1 aliphatic rings. The molecule has 0 radical (unpaired) electrons. The predicted molar refractivity (Wildman–Crippen MR) is 52.8 cm³/mol. The summed E-state index contributed by atoms with van der Waals surface area (Å²) in [6.07, 6.45) is 2.20. The Morgan fingerprint density at radius 1 is 1.17 bits per heavy atom. The Morgan fingerprint density at radius 2 is 1.75 bits per heavy atom. The first-order valence-corrected chi connectivity index (χ1v) is 4.83. The van der Waals surface area contributed by atoms with Crippen molar-refractivity contribution < 1.29 is 0 Å². The van der Waals surface area contributed by atoms with E-state index < -0.39 is 0 Å². The standard InChI is InChI=1S/C10H20N2/c1-5-8-9(6-2)12-10(3,4)7-11-8/h11-12H,5-7H2,1-4H3. The second kappa shape index (κ2) is 3.38. The molecule has 0 aliphatic carbocycles. The molecule has 12 heavy (non-hydrogen) atoms. The molecule has 0 aromatic heterocycles. The lowest BCUT2D eigenvalue weighted by molar-refractivity contribution is 0.374. The van der Waals surface area contributed by atoms with Gasteiger partial charge in [0.2, 0.25) is 0 Å². The van der Waals surface area contributed by atoms with Crippen molar-refractivity contribution >= 4 is 0 Å². The Bertz CT molecular complexity index is 192. The van der Waals surface area contributed by atoms with Gasteiger partial charge < -0.3 is 10.6 Å². The first-order chi connectivity index (χ1) is 5.59. The summed E-state index contributed by atoms with van der Waals surface area (Å²) >= 11 is 0. The van der Waals surface area contributed by atoms with E-state index >= 15 is 0 Å². The summed E-state index contributed by atoms with van der Waals surface area (Å²) < 4.78 is 0. The second-order valence-electron chi connectivity index (χ2n) is 4.03. The maximum atomic E-state index is 3.56. The fourth-order valence-electron chi connectivity index (χ4n) is 1.60. The molecule has 0 atom stereocenters. The summed E-state index contributed by atoms with van der Waals surface area (Å²) in [6, 6.07) is 0. The highest BCUT2D eigenvalue weighted by molar-refractivity contribution is 5.17. The average molecular weight is 168 g/mol. The van der Waals surface area contributed by atoms with Crippen molar-refractivity contribution in [2.45, 2.75) is 46.1 Å². The third-order valence-electron chi connectivity index (χ3n) is 2.30. The van der Waals surface area contributed by atoms with Crippen LogP contribution < -0.4 is 10.6 Å². The van der Waals surface area contributed by atoms with Crippen LogP contribution in [-0.2, 0) is 0 Å². The molecule has 2 N–H and O–H groups in total. The monoisotopic (exact) mass is 168 g/mol. The molecule has 1 rings (SSSR count). The van der Waals surface area contributed by atoms with Gasteiger partial charge in [0.1, 0.15) is 0 Å². The third kappa shape index (κ3) is 1.93. The number of allylic oxidation sites excluding steroid dienone is 2. The van der Waals surface area contributed by atoms with Crippen LogP contribution in [0.15, 0.2) is 11.4 Å². The summed E-state index contributed by atoms with van der Waals surface area (Å²) in [5, 5.41) is 7.04. The number of hydrogen-bond acceptors (Lipinski definition) is 2. The van der Waals surface area contributed by atoms with E-state index in [9.17, 15) is 0 Å². The zero-order valence-corrected chi connectivity index (χ0v) is 8.62. The van der Waals surface area contributed by atoms with Crippen molar-refractivity contribution in [1.29, 1.82) is 0 Å². The van der Waals surface area contributed by atoms with Gasteiger partial charge in [-0.2, -0.15) is 0 Å². The van der Waals surface area contributed by atoms with Crippen LogP contribution in [0.3, 0.4) is 0 Å². The van der Waals surface area contributed by atoms with E-state index in [2.05, 4.69) is 38.3 Å². The average Bonchev–Trinajstić information content (AvgIpc) is 2.03. The lowest BCUT2D eigenvalue weighted by Crippen LogP contribution is -2.51. The van der Waals surface area contributed by atoms with Gasteiger partial charge in [-0.3, -0.25) is 0 Å². The van der Waals surface area contributed by atoms with Crippen molar-refractivity contribution in [2.75, 3.05) is 6.54 Å². The smallest absolute Gasteiger partial charge is 0.0487 e. The predicted octanol–water partition coefficient (Wildman–Crippen LogP) is 1.99. The van der Waals surface area contributed by atoms with E-state index in [1.807, 2.05) is 0 Å². The van der Waals surface area contributed by atoms with Crippen LogP contribution in [0.5, 0.6) is 0 Å². The minimum Gasteiger partial charge on any atom is -0.385 e. The SMILES string of the molecule is CCC1=C(CC)NC(C)(C)CN1. The Kier molecular flexibility index (Phi) is 2.65. The van der Waals surface area contributed by atoms with Crippen LogP contribution in [0.2, 0.25) is 0 Å². The second-order valence-corrected chi connectivity index (χ2v) is 4.03. The molecule has 2 heteroatoms. The van der Waals surface area contributed by atoms with Crippen molar-refractivity contribution in [2.24, 2.45) is 0 Å². The quantitative estimate of drug-likeness (QED) is 0.659. The molecule has 1 heterocycles. The highest BCUT2D eigenvalue weighted by atomic mass is 15.1. The summed E-state index contributed by atoms with van der Waals surface area (Å²) in [7, 11) is 0. The van der Waals surface area contributed by atoms with Crippen LogP contribution in [0.25, 0.3) is 0 Å². The molecule has 0 spiro atoms. The van der Waals surface area contributed by atoms with Crippen LogP contribution >= 0.6 is 0 Å². The van der Waals surface area contributed by atoms with Gasteiger partial charge in [0.05, 0.1) is 0 Å². The highest BCUT2D eigenvalue weighted by Gasteiger charge is 2.23. The maximum absolute atomic E-state index is 3.56. The minimum atomic E-state index is 0.212. The zero-order chi connectivity index (χ0) is 9.19. The maximum Gasteiger partial charge on any atom is 0.0487 e. The van der Waals surface area contributed by atoms with Crippen molar-refractivity contribution in [3.05, 3.63) is 11.4 Å². The Labute approximate surface area is 75.4 Å². The van der Waals surface area contributed by atoms with Crippen molar-refractivity contribution in [1.82, 2.24) is 10.6 Å². The van der Waals surface area contributed by atoms with E-state index in [4.69, 9.17) is 0 Å². The van der Waals surface area contributed by atoms with Gasteiger partial charge in [0.25, 0.3) is 0 Å². The molecule has 0 unspecified atom stereocenters.